The average molecular weight is 434 g/mol. The fraction of sp³-hybridized carbons (Fsp3) is 0.435. The number of ether oxygens (including phenoxy) is 4. The van der Waals surface area contributed by atoms with Gasteiger partial charge < -0.3 is 23.8 Å². The van der Waals surface area contributed by atoms with Crippen molar-refractivity contribution in [2.45, 2.75) is 25.3 Å². The normalized spacial score (nSPS) is 15.3. The molecule has 162 valence electrons. The molecule has 0 radical (unpaired) electrons. The molecule has 1 atom stereocenters. The third-order valence-corrected chi connectivity index (χ3v) is 5.58. The second-order valence-corrected chi connectivity index (χ2v) is 7.42. The van der Waals surface area contributed by atoms with Gasteiger partial charge in [-0.1, -0.05) is 0 Å². The Morgan fingerprint density at radius 2 is 1.70 bits per heavy atom. The zero-order valence-corrected chi connectivity index (χ0v) is 18.4. The summed E-state index contributed by atoms with van der Waals surface area (Å²) in [6.45, 7) is 0.960. The van der Waals surface area contributed by atoms with Crippen LogP contribution < -0.4 is 18.9 Å². The SMILES string of the molecule is COc1ccc(OCC2c3cc(OC)c(OC)cc3CCN2C(=O)CCCCl)cc1. The van der Waals surface area contributed by atoms with Crippen LogP contribution >= 0.6 is 11.6 Å². The van der Waals surface area contributed by atoms with Gasteiger partial charge in [0.2, 0.25) is 5.91 Å². The van der Waals surface area contributed by atoms with Gasteiger partial charge in [-0.15, -0.1) is 11.6 Å². The van der Waals surface area contributed by atoms with E-state index in [2.05, 4.69) is 0 Å². The van der Waals surface area contributed by atoms with E-state index in [0.29, 0.717) is 43.4 Å². The number of hydrogen-bond acceptors (Lipinski definition) is 5. The molecule has 0 aliphatic carbocycles. The number of rotatable bonds is 9. The first-order chi connectivity index (χ1) is 14.6. The van der Waals surface area contributed by atoms with E-state index in [1.54, 1.807) is 21.3 Å². The van der Waals surface area contributed by atoms with Crippen molar-refractivity contribution in [2.24, 2.45) is 0 Å². The Morgan fingerprint density at radius 1 is 1.03 bits per heavy atom. The van der Waals surface area contributed by atoms with Crippen LogP contribution in [-0.2, 0) is 11.2 Å². The van der Waals surface area contributed by atoms with E-state index in [9.17, 15) is 4.79 Å². The number of amides is 1. The van der Waals surface area contributed by atoms with Crippen LogP contribution in [0.25, 0.3) is 0 Å². The van der Waals surface area contributed by atoms with Crippen molar-refractivity contribution in [1.29, 1.82) is 0 Å². The van der Waals surface area contributed by atoms with Gasteiger partial charge in [0.15, 0.2) is 11.5 Å². The van der Waals surface area contributed by atoms with E-state index in [1.165, 1.54) is 0 Å². The molecule has 1 amide bonds. The fourth-order valence-electron chi connectivity index (χ4n) is 3.72. The minimum atomic E-state index is -0.224. The van der Waals surface area contributed by atoms with E-state index in [-0.39, 0.29) is 11.9 Å². The number of carbonyl (C=O) groups is 1. The largest absolute Gasteiger partial charge is 0.497 e. The summed E-state index contributed by atoms with van der Waals surface area (Å²) >= 11 is 5.80. The molecule has 1 unspecified atom stereocenters. The zero-order chi connectivity index (χ0) is 21.5. The van der Waals surface area contributed by atoms with Gasteiger partial charge in [0.25, 0.3) is 0 Å². The third kappa shape index (κ3) is 4.93. The third-order valence-electron chi connectivity index (χ3n) is 5.31. The highest BCUT2D eigenvalue weighted by Gasteiger charge is 2.32. The monoisotopic (exact) mass is 433 g/mol. The minimum absolute atomic E-state index is 0.0828. The molecule has 7 heteroatoms. The molecule has 0 saturated heterocycles. The van der Waals surface area contributed by atoms with Crippen molar-refractivity contribution in [3.8, 4) is 23.0 Å². The first kappa shape index (κ1) is 22.1. The first-order valence-electron chi connectivity index (χ1n) is 9.98. The second kappa shape index (κ2) is 10.4. The van der Waals surface area contributed by atoms with Crippen molar-refractivity contribution in [1.82, 2.24) is 4.90 Å². The number of nitrogens with zero attached hydrogens (tertiary/aromatic N) is 1. The first-order valence-corrected chi connectivity index (χ1v) is 10.5. The lowest BCUT2D eigenvalue weighted by Gasteiger charge is -2.37. The lowest BCUT2D eigenvalue weighted by Crippen LogP contribution is -2.42. The Balaban J connectivity index is 1.89. The highest BCUT2D eigenvalue weighted by molar-refractivity contribution is 6.17. The van der Waals surface area contributed by atoms with Gasteiger partial charge in [-0.05, 0) is 60.4 Å². The summed E-state index contributed by atoms with van der Waals surface area (Å²) in [6, 6.07) is 11.1. The molecule has 2 aromatic carbocycles. The maximum Gasteiger partial charge on any atom is 0.223 e. The number of carbonyl (C=O) groups excluding carboxylic acids is 1. The van der Waals surface area contributed by atoms with E-state index >= 15 is 0 Å². The summed E-state index contributed by atoms with van der Waals surface area (Å²) in [5.74, 6) is 3.36. The predicted molar refractivity (Wildman–Crippen MR) is 116 cm³/mol. The molecule has 1 heterocycles. The van der Waals surface area contributed by atoms with Crippen LogP contribution in [0, 0.1) is 0 Å². The van der Waals surface area contributed by atoms with Gasteiger partial charge in [-0.2, -0.15) is 0 Å². The summed E-state index contributed by atoms with van der Waals surface area (Å²) in [7, 11) is 4.86. The van der Waals surface area contributed by atoms with Gasteiger partial charge >= 0.3 is 0 Å². The Labute approximate surface area is 182 Å². The van der Waals surface area contributed by atoms with Crippen LogP contribution in [0.2, 0.25) is 0 Å². The Bertz CT molecular complexity index is 855. The minimum Gasteiger partial charge on any atom is -0.497 e. The highest BCUT2D eigenvalue weighted by atomic mass is 35.5. The van der Waals surface area contributed by atoms with Crippen LogP contribution in [0.15, 0.2) is 36.4 Å². The van der Waals surface area contributed by atoms with Crippen molar-refractivity contribution < 1.29 is 23.7 Å². The molecule has 0 aromatic heterocycles. The number of halogens is 1. The number of alkyl halides is 1. The molecule has 30 heavy (non-hydrogen) atoms. The van der Waals surface area contributed by atoms with Gasteiger partial charge in [-0.25, -0.2) is 0 Å². The standard InChI is InChI=1S/C23H28ClNO5/c1-27-17-6-8-18(9-7-17)30-15-20-19-14-22(29-3)21(28-2)13-16(19)10-12-25(20)23(26)5-4-11-24/h6-9,13-14,20H,4-5,10-12,15H2,1-3H3. The number of hydrogen-bond donors (Lipinski definition) is 0. The zero-order valence-electron chi connectivity index (χ0n) is 17.7. The topological polar surface area (TPSA) is 57.2 Å². The molecule has 0 bridgehead atoms. The molecular weight excluding hydrogens is 406 g/mol. The Morgan fingerprint density at radius 3 is 2.33 bits per heavy atom. The molecule has 2 aromatic rings. The summed E-state index contributed by atoms with van der Waals surface area (Å²) in [6.07, 6.45) is 1.83. The molecule has 6 nitrogen and oxygen atoms in total. The molecule has 1 aliphatic rings. The van der Waals surface area contributed by atoms with Crippen LogP contribution in [0.1, 0.15) is 30.0 Å². The van der Waals surface area contributed by atoms with E-state index in [1.807, 2.05) is 41.3 Å². The Hall–Kier alpha value is -2.60. The second-order valence-electron chi connectivity index (χ2n) is 7.04. The smallest absolute Gasteiger partial charge is 0.223 e. The molecular formula is C23H28ClNO5. The Kier molecular flexibility index (Phi) is 7.69. The quantitative estimate of drug-likeness (QED) is 0.554. The van der Waals surface area contributed by atoms with Crippen LogP contribution in [-0.4, -0.2) is 51.2 Å². The summed E-state index contributed by atoms with van der Waals surface area (Å²) < 4.78 is 22.2. The van der Waals surface area contributed by atoms with E-state index in [4.69, 9.17) is 30.5 Å². The average Bonchev–Trinajstić information content (AvgIpc) is 2.80. The van der Waals surface area contributed by atoms with Crippen LogP contribution in [0.3, 0.4) is 0 Å². The summed E-state index contributed by atoms with van der Waals surface area (Å²) in [5.41, 5.74) is 2.16. The van der Waals surface area contributed by atoms with Gasteiger partial charge in [-0.3, -0.25) is 4.79 Å². The highest BCUT2D eigenvalue weighted by Crippen LogP contribution is 2.38. The van der Waals surface area contributed by atoms with Crippen molar-refractivity contribution in [3.63, 3.8) is 0 Å². The van der Waals surface area contributed by atoms with E-state index < -0.39 is 0 Å². The molecule has 0 N–H and O–H groups in total. The maximum absolute atomic E-state index is 12.9. The molecule has 0 saturated carbocycles. The van der Waals surface area contributed by atoms with E-state index in [0.717, 1.165) is 29.0 Å². The predicted octanol–water partition coefficient (Wildman–Crippen LogP) is 4.24. The maximum atomic E-state index is 12.9. The molecule has 0 spiro atoms. The number of benzene rings is 2. The molecule has 0 fully saturated rings. The lowest BCUT2D eigenvalue weighted by molar-refractivity contribution is -0.134. The van der Waals surface area contributed by atoms with Crippen LogP contribution in [0.5, 0.6) is 23.0 Å². The van der Waals surface area contributed by atoms with Crippen LogP contribution in [0.4, 0.5) is 0 Å². The number of methoxy groups -OCH3 is 3. The lowest BCUT2D eigenvalue weighted by atomic mass is 9.91. The summed E-state index contributed by atoms with van der Waals surface area (Å²) in [4.78, 5) is 14.8. The van der Waals surface area contributed by atoms with Gasteiger partial charge in [0.1, 0.15) is 18.1 Å². The van der Waals surface area contributed by atoms with Gasteiger partial charge in [0.05, 0.1) is 27.4 Å². The number of fused-ring (bicyclic) bond motifs is 1. The van der Waals surface area contributed by atoms with Crippen molar-refractivity contribution >= 4 is 17.5 Å². The molecule has 3 rings (SSSR count). The summed E-state index contributed by atoms with van der Waals surface area (Å²) in [5, 5.41) is 0. The van der Waals surface area contributed by atoms with Gasteiger partial charge in [0, 0.05) is 18.8 Å². The fourth-order valence-corrected chi connectivity index (χ4v) is 3.85. The molecule has 1 aliphatic heterocycles. The van der Waals surface area contributed by atoms with Crippen molar-refractivity contribution in [2.75, 3.05) is 40.4 Å². The van der Waals surface area contributed by atoms with Crippen molar-refractivity contribution in [3.05, 3.63) is 47.5 Å².